The maximum absolute atomic E-state index is 6.22. The minimum atomic E-state index is 0.357. The van der Waals surface area contributed by atoms with Crippen molar-refractivity contribution in [2.75, 3.05) is 25.6 Å². The standard InChI is InChI=1S/C15H24N2O/c1-17(11-12-7-3-4-8-13(12)16)14-9-5-6-10-15(14)18-2/h5-6,9-10,12-13H,3-4,7-8,11,16H2,1-2H3. The Morgan fingerprint density at radius 3 is 2.72 bits per heavy atom. The Morgan fingerprint density at radius 1 is 1.28 bits per heavy atom. The van der Waals surface area contributed by atoms with E-state index < -0.39 is 0 Å². The van der Waals surface area contributed by atoms with Gasteiger partial charge in [-0.1, -0.05) is 25.0 Å². The van der Waals surface area contributed by atoms with E-state index in [-0.39, 0.29) is 0 Å². The summed E-state index contributed by atoms with van der Waals surface area (Å²) in [4.78, 5) is 2.27. The molecule has 0 radical (unpaired) electrons. The average Bonchev–Trinajstić information content (AvgIpc) is 2.41. The summed E-state index contributed by atoms with van der Waals surface area (Å²) >= 11 is 0. The van der Waals surface area contributed by atoms with E-state index in [9.17, 15) is 0 Å². The van der Waals surface area contributed by atoms with E-state index in [0.717, 1.165) is 18.0 Å². The maximum Gasteiger partial charge on any atom is 0.142 e. The first-order valence-electron chi connectivity index (χ1n) is 6.82. The van der Waals surface area contributed by atoms with E-state index in [1.165, 1.54) is 25.7 Å². The van der Waals surface area contributed by atoms with Gasteiger partial charge in [0.15, 0.2) is 0 Å². The molecule has 1 aliphatic carbocycles. The van der Waals surface area contributed by atoms with Crippen LogP contribution in [0.1, 0.15) is 25.7 Å². The Morgan fingerprint density at radius 2 is 2.00 bits per heavy atom. The molecule has 1 saturated carbocycles. The van der Waals surface area contributed by atoms with Crippen molar-refractivity contribution in [2.45, 2.75) is 31.7 Å². The fourth-order valence-corrected chi connectivity index (χ4v) is 2.86. The lowest BCUT2D eigenvalue weighted by Crippen LogP contribution is -2.40. The molecule has 1 fully saturated rings. The second-order valence-corrected chi connectivity index (χ2v) is 5.26. The maximum atomic E-state index is 6.22. The first kappa shape index (κ1) is 13.2. The quantitative estimate of drug-likeness (QED) is 0.890. The van der Waals surface area contributed by atoms with Gasteiger partial charge in [0.1, 0.15) is 5.75 Å². The molecule has 3 heteroatoms. The monoisotopic (exact) mass is 248 g/mol. The predicted octanol–water partition coefficient (Wildman–Crippen LogP) is 2.65. The first-order valence-corrected chi connectivity index (χ1v) is 6.82. The molecular weight excluding hydrogens is 224 g/mol. The van der Waals surface area contributed by atoms with Crippen molar-refractivity contribution in [3.05, 3.63) is 24.3 Å². The van der Waals surface area contributed by atoms with Crippen LogP contribution in [0.4, 0.5) is 5.69 Å². The van der Waals surface area contributed by atoms with Gasteiger partial charge in [0.05, 0.1) is 12.8 Å². The summed E-state index contributed by atoms with van der Waals surface area (Å²) in [5.74, 6) is 1.54. The van der Waals surface area contributed by atoms with Crippen molar-refractivity contribution in [1.82, 2.24) is 0 Å². The Hall–Kier alpha value is -1.22. The number of nitrogens with two attached hydrogens (primary N) is 1. The molecule has 100 valence electrons. The van der Waals surface area contributed by atoms with Gasteiger partial charge in [0, 0.05) is 19.6 Å². The second kappa shape index (κ2) is 6.10. The van der Waals surface area contributed by atoms with E-state index in [1.807, 2.05) is 12.1 Å². The van der Waals surface area contributed by atoms with E-state index >= 15 is 0 Å². The number of hydrogen-bond donors (Lipinski definition) is 1. The van der Waals surface area contributed by atoms with Crippen molar-refractivity contribution < 1.29 is 4.74 Å². The molecule has 0 aliphatic heterocycles. The molecule has 2 rings (SSSR count). The zero-order chi connectivity index (χ0) is 13.0. The smallest absolute Gasteiger partial charge is 0.142 e. The highest BCUT2D eigenvalue weighted by atomic mass is 16.5. The van der Waals surface area contributed by atoms with Crippen molar-refractivity contribution in [3.8, 4) is 5.75 Å². The summed E-state index contributed by atoms with van der Waals surface area (Å²) < 4.78 is 5.41. The van der Waals surface area contributed by atoms with Crippen LogP contribution in [0, 0.1) is 5.92 Å². The first-order chi connectivity index (χ1) is 8.72. The van der Waals surface area contributed by atoms with Crippen LogP contribution in [-0.2, 0) is 0 Å². The van der Waals surface area contributed by atoms with Crippen LogP contribution in [0.15, 0.2) is 24.3 Å². The second-order valence-electron chi connectivity index (χ2n) is 5.26. The zero-order valence-corrected chi connectivity index (χ0v) is 11.4. The molecular formula is C15H24N2O. The number of methoxy groups -OCH3 is 1. The SMILES string of the molecule is COc1ccccc1N(C)CC1CCCCC1N. The van der Waals surface area contributed by atoms with Crippen LogP contribution in [0.2, 0.25) is 0 Å². The van der Waals surface area contributed by atoms with Gasteiger partial charge in [-0.25, -0.2) is 0 Å². The Balaban J connectivity index is 2.04. The van der Waals surface area contributed by atoms with Crippen LogP contribution < -0.4 is 15.4 Å². The van der Waals surface area contributed by atoms with Crippen molar-refractivity contribution in [3.63, 3.8) is 0 Å². The van der Waals surface area contributed by atoms with Gasteiger partial charge >= 0.3 is 0 Å². The normalized spacial score (nSPS) is 23.7. The molecule has 0 amide bonds. The summed E-state index contributed by atoms with van der Waals surface area (Å²) in [6, 6.07) is 8.52. The van der Waals surface area contributed by atoms with Crippen LogP contribution >= 0.6 is 0 Å². The van der Waals surface area contributed by atoms with E-state index in [1.54, 1.807) is 7.11 Å². The lowest BCUT2D eigenvalue weighted by Gasteiger charge is -2.33. The Bertz CT molecular complexity index is 381. The van der Waals surface area contributed by atoms with Crippen molar-refractivity contribution in [1.29, 1.82) is 0 Å². The number of hydrogen-bond acceptors (Lipinski definition) is 3. The highest BCUT2D eigenvalue weighted by Crippen LogP contribution is 2.30. The number of ether oxygens (including phenoxy) is 1. The molecule has 18 heavy (non-hydrogen) atoms. The average molecular weight is 248 g/mol. The molecule has 0 heterocycles. The fourth-order valence-electron chi connectivity index (χ4n) is 2.86. The molecule has 1 aromatic carbocycles. The van der Waals surface area contributed by atoms with Gasteiger partial charge in [-0.3, -0.25) is 0 Å². The number of anilines is 1. The Labute approximate surface area is 110 Å². The van der Waals surface area contributed by atoms with Crippen molar-refractivity contribution >= 4 is 5.69 Å². The van der Waals surface area contributed by atoms with Gasteiger partial charge in [0.25, 0.3) is 0 Å². The lowest BCUT2D eigenvalue weighted by molar-refractivity contribution is 0.311. The van der Waals surface area contributed by atoms with Gasteiger partial charge in [-0.05, 0) is 30.9 Å². The number of rotatable bonds is 4. The molecule has 0 aromatic heterocycles. The molecule has 1 aliphatic rings. The Kier molecular flexibility index (Phi) is 4.48. The third-order valence-corrected chi connectivity index (χ3v) is 3.97. The minimum Gasteiger partial charge on any atom is -0.495 e. The lowest BCUT2D eigenvalue weighted by atomic mass is 9.85. The summed E-state index contributed by atoms with van der Waals surface area (Å²) in [5.41, 5.74) is 7.37. The molecule has 2 N–H and O–H groups in total. The zero-order valence-electron chi connectivity index (χ0n) is 11.4. The van der Waals surface area contributed by atoms with Crippen LogP contribution in [0.25, 0.3) is 0 Å². The topological polar surface area (TPSA) is 38.5 Å². The van der Waals surface area contributed by atoms with Crippen LogP contribution in [0.5, 0.6) is 5.75 Å². The number of benzene rings is 1. The van der Waals surface area contributed by atoms with E-state index in [2.05, 4.69) is 24.1 Å². The molecule has 1 aromatic rings. The molecule has 3 nitrogen and oxygen atoms in total. The molecule has 0 spiro atoms. The van der Waals surface area contributed by atoms with Gasteiger partial charge in [-0.15, -0.1) is 0 Å². The van der Waals surface area contributed by atoms with E-state index in [0.29, 0.717) is 12.0 Å². The highest BCUT2D eigenvalue weighted by molar-refractivity contribution is 5.57. The highest BCUT2D eigenvalue weighted by Gasteiger charge is 2.23. The number of para-hydroxylation sites is 2. The molecule has 0 bridgehead atoms. The summed E-state index contributed by atoms with van der Waals surface area (Å²) in [6.45, 7) is 1.02. The van der Waals surface area contributed by atoms with Crippen LogP contribution in [-0.4, -0.2) is 26.7 Å². The van der Waals surface area contributed by atoms with Gasteiger partial charge in [0.2, 0.25) is 0 Å². The molecule has 0 saturated heterocycles. The van der Waals surface area contributed by atoms with Gasteiger partial charge in [-0.2, -0.15) is 0 Å². The van der Waals surface area contributed by atoms with E-state index in [4.69, 9.17) is 10.5 Å². The minimum absolute atomic E-state index is 0.357. The fraction of sp³-hybridized carbons (Fsp3) is 0.600. The summed E-state index contributed by atoms with van der Waals surface area (Å²) in [7, 11) is 3.85. The van der Waals surface area contributed by atoms with Crippen molar-refractivity contribution in [2.24, 2.45) is 11.7 Å². The van der Waals surface area contributed by atoms with Crippen LogP contribution in [0.3, 0.4) is 0 Å². The largest absolute Gasteiger partial charge is 0.495 e. The van der Waals surface area contributed by atoms with Gasteiger partial charge < -0.3 is 15.4 Å². The summed E-state index contributed by atoms with van der Waals surface area (Å²) in [5, 5.41) is 0. The molecule has 2 unspecified atom stereocenters. The molecule has 2 atom stereocenters. The third-order valence-electron chi connectivity index (χ3n) is 3.97. The third kappa shape index (κ3) is 2.96. The number of nitrogens with zero attached hydrogens (tertiary/aromatic N) is 1. The summed E-state index contributed by atoms with van der Waals surface area (Å²) in [6.07, 6.45) is 5.03. The predicted molar refractivity (Wildman–Crippen MR) is 76.2 cm³/mol.